The first-order valence-corrected chi connectivity index (χ1v) is 7.80. The zero-order valence-corrected chi connectivity index (χ0v) is 15.0. The molecule has 0 atom stereocenters. The number of hydrogen-bond donors (Lipinski definition) is 0. The monoisotopic (exact) mass is 484 g/mol. The van der Waals surface area contributed by atoms with Crippen molar-refractivity contribution in [2.75, 3.05) is 14.1 Å². The van der Waals surface area contributed by atoms with Crippen LogP contribution in [0.4, 0.5) is 5.69 Å². The van der Waals surface area contributed by atoms with Gasteiger partial charge in [0.25, 0.3) is 0 Å². The molecular formula is C13H11ClI2N2. The number of rotatable bonds is 2. The fourth-order valence-corrected chi connectivity index (χ4v) is 3.90. The van der Waals surface area contributed by atoms with E-state index in [-0.39, 0.29) is 0 Å². The van der Waals surface area contributed by atoms with Crippen molar-refractivity contribution in [2.24, 2.45) is 4.99 Å². The predicted molar refractivity (Wildman–Crippen MR) is 96.2 cm³/mol. The third-order valence-electron chi connectivity index (χ3n) is 2.39. The molecule has 0 aliphatic rings. The fraction of sp³-hybridized carbons (Fsp3) is 0.154. The van der Waals surface area contributed by atoms with E-state index >= 15 is 0 Å². The lowest BCUT2D eigenvalue weighted by Gasteiger charge is -2.09. The van der Waals surface area contributed by atoms with Crippen LogP contribution in [0.3, 0.4) is 0 Å². The molecule has 0 aliphatic carbocycles. The second-order valence-corrected chi connectivity index (χ2v) is 6.85. The van der Waals surface area contributed by atoms with E-state index in [1.165, 1.54) is 8.96 Å². The number of hydrogen-bond acceptors (Lipinski definition) is 1. The molecule has 5 heteroatoms. The average Bonchev–Trinajstić information content (AvgIpc) is 2.27. The Morgan fingerprint density at radius 2 is 1.83 bits per heavy atom. The van der Waals surface area contributed by atoms with E-state index in [0.717, 1.165) is 19.7 Å². The van der Waals surface area contributed by atoms with Crippen molar-refractivity contribution in [3.8, 4) is 0 Å². The molecule has 2 nitrogen and oxygen atoms in total. The Kier molecular flexibility index (Phi) is 4.71. The van der Waals surface area contributed by atoms with E-state index in [1.54, 1.807) is 0 Å². The summed E-state index contributed by atoms with van der Waals surface area (Å²) >= 11 is 10.7. The Hall–Kier alpha value is -0.0800. The van der Waals surface area contributed by atoms with Gasteiger partial charge in [0.2, 0.25) is 0 Å². The molecular weight excluding hydrogens is 473 g/mol. The molecule has 0 radical (unpaired) electrons. The molecule has 0 bridgehead atoms. The molecule has 2 rings (SSSR count). The predicted octanol–water partition coefficient (Wildman–Crippen LogP) is 4.92. The number of fused-ring (bicyclic) bond motifs is 1. The largest absolute Gasteiger partial charge is 0.369 e. The highest BCUT2D eigenvalue weighted by Crippen LogP contribution is 2.35. The smallest absolute Gasteiger partial charge is 0.0907 e. The van der Waals surface area contributed by atoms with Gasteiger partial charge in [0.1, 0.15) is 0 Å². The molecule has 0 N–H and O–H groups in total. The summed E-state index contributed by atoms with van der Waals surface area (Å²) in [6, 6.07) is 8.08. The molecule has 0 unspecified atom stereocenters. The molecule has 2 aromatic rings. The van der Waals surface area contributed by atoms with Crippen LogP contribution in [0.1, 0.15) is 0 Å². The van der Waals surface area contributed by atoms with Gasteiger partial charge in [0, 0.05) is 31.6 Å². The third kappa shape index (κ3) is 3.08. The number of nitrogens with zero attached hydrogens (tertiary/aromatic N) is 2. The van der Waals surface area contributed by atoms with Gasteiger partial charge in [-0.05, 0) is 68.8 Å². The SMILES string of the molecule is CN(C)C=Nc1c(I)cc(I)c2ccc(Cl)cc12. The van der Waals surface area contributed by atoms with Crippen molar-refractivity contribution in [1.82, 2.24) is 4.90 Å². The van der Waals surface area contributed by atoms with Crippen molar-refractivity contribution in [2.45, 2.75) is 0 Å². The summed E-state index contributed by atoms with van der Waals surface area (Å²) in [7, 11) is 3.91. The van der Waals surface area contributed by atoms with Crippen molar-refractivity contribution in [1.29, 1.82) is 0 Å². The van der Waals surface area contributed by atoms with E-state index in [2.05, 4.69) is 56.2 Å². The van der Waals surface area contributed by atoms with Gasteiger partial charge in [0.05, 0.1) is 12.0 Å². The maximum atomic E-state index is 6.09. The lowest BCUT2D eigenvalue weighted by atomic mass is 10.1. The maximum Gasteiger partial charge on any atom is 0.0907 e. The quantitative estimate of drug-likeness (QED) is 0.336. The number of aliphatic imine (C=N–C) groups is 1. The topological polar surface area (TPSA) is 15.6 Å². The molecule has 94 valence electrons. The maximum absolute atomic E-state index is 6.09. The van der Waals surface area contributed by atoms with Gasteiger partial charge in [0.15, 0.2) is 0 Å². The molecule has 0 saturated carbocycles. The van der Waals surface area contributed by atoms with E-state index in [0.29, 0.717) is 0 Å². The van der Waals surface area contributed by atoms with Crippen LogP contribution in [-0.4, -0.2) is 25.3 Å². The first-order valence-electron chi connectivity index (χ1n) is 5.27. The van der Waals surface area contributed by atoms with Crippen molar-refractivity contribution in [3.05, 3.63) is 36.4 Å². The van der Waals surface area contributed by atoms with Gasteiger partial charge in [-0.1, -0.05) is 17.7 Å². The molecule has 2 aromatic carbocycles. The molecule has 0 heterocycles. The van der Waals surface area contributed by atoms with Gasteiger partial charge in [-0.15, -0.1) is 0 Å². The van der Waals surface area contributed by atoms with Gasteiger partial charge >= 0.3 is 0 Å². The molecule has 0 saturated heterocycles. The summed E-state index contributed by atoms with van der Waals surface area (Å²) in [6.07, 6.45) is 1.81. The van der Waals surface area contributed by atoms with Gasteiger partial charge < -0.3 is 4.90 Å². The minimum atomic E-state index is 0.738. The molecule has 0 aliphatic heterocycles. The van der Waals surface area contributed by atoms with E-state index in [9.17, 15) is 0 Å². The summed E-state index contributed by atoms with van der Waals surface area (Å²) in [4.78, 5) is 6.47. The minimum Gasteiger partial charge on any atom is -0.369 e. The summed E-state index contributed by atoms with van der Waals surface area (Å²) in [5.41, 5.74) is 0.974. The van der Waals surface area contributed by atoms with Crippen LogP contribution >= 0.6 is 56.8 Å². The van der Waals surface area contributed by atoms with E-state index < -0.39 is 0 Å². The lowest BCUT2D eigenvalue weighted by molar-refractivity contribution is 0.643. The molecule has 0 spiro atoms. The summed E-state index contributed by atoms with van der Waals surface area (Å²) in [6.45, 7) is 0. The third-order valence-corrected chi connectivity index (χ3v) is 4.34. The summed E-state index contributed by atoms with van der Waals surface area (Å²) in [5.74, 6) is 0. The first kappa shape index (κ1) is 14.3. The zero-order valence-electron chi connectivity index (χ0n) is 9.92. The van der Waals surface area contributed by atoms with Crippen LogP contribution in [-0.2, 0) is 0 Å². The van der Waals surface area contributed by atoms with Gasteiger partial charge in [-0.2, -0.15) is 0 Å². The van der Waals surface area contributed by atoms with Crippen LogP contribution in [0.25, 0.3) is 10.8 Å². The molecule has 0 amide bonds. The second-order valence-electron chi connectivity index (χ2n) is 4.09. The average molecular weight is 485 g/mol. The normalized spacial score (nSPS) is 11.4. The zero-order chi connectivity index (χ0) is 13.3. The molecule has 0 fully saturated rings. The Balaban J connectivity index is 2.74. The van der Waals surface area contributed by atoms with Crippen LogP contribution < -0.4 is 0 Å². The highest BCUT2D eigenvalue weighted by molar-refractivity contribution is 14.1. The standard InChI is InChI=1S/C13H11ClI2N2/c1-18(2)7-17-13-10-5-8(14)3-4-9(10)11(15)6-12(13)16/h3-7H,1-2H3. The minimum absolute atomic E-state index is 0.738. The van der Waals surface area contributed by atoms with Crippen LogP contribution in [0.5, 0.6) is 0 Å². The van der Waals surface area contributed by atoms with Crippen LogP contribution in [0, 0.1) is 7.14 Å². The Morgan fingerprint density at radius 3 is 2.50 bits per heavy atom. The van der Waals surface area contributed by atoms with Crippen molar-refractivity contribution in [3.63, 3.8) is 0 Å². The van der Waals surface area contributed by atoms with Crippen molar-refractivity contribution >= 4 is 79.6 Å². The fourth-order valence-electron chi connectivity index (χ4n) is 1.61. The number of benzene rings is 2. The summed E-state index contributed by atoms with van der Waals surface area (Å²) < 4.78 is 2.34. The van der Waals surface area contributed by atoms with Crippen molar-refractivity contribution < 1.29 is 0 Å². The Bertz CT molecular complexity index is 624. The van der Waals surface area contributed by atoms with Gasteiger partial charge in [-0.25, -0.2) is 4.99 Å². The Labute approximate surface area is 139 Å². The van der Waals surface area contributed by atoms with Crippen LogP contribution in [0.2, 0.25) is 5.02 Å². The van der Waals surface area contributed by atoms with E-state index in [1.807, 2.05) is 43.5 Å². The Morgan fingerprint density at radius 1 is 1.11 bits per heavy atom. The number of halogens is 3. The second kappa shape index (κ2) is 5.92. The molecule has 18 heavy (non-hydrogen) atoms. The summed E-state index contributed by atoms with van der Waals surface area (Å²) in [5, 5.41) is 3.02. The van der Waals surface area contributed by atoms with Gasteiger partial charge in [-0.3, -0.25) is 0 Å². The highest BCUT2D eigenvalue weighted by atomic mass is 127. The van der Waals surface area contributed by atoms with E-state index in [4.69, 9.17) is 11.6 Å². The van der Waals surface area contributed by atoms with Crippen LogP contribution in [0.15, 0.2) is 29.3 Å². The highest BCUT2D eigenvalue weighted by Gasteiger charge is 2.09. The molecule has 0 aromatic heterocycles. The first-order chi connectivity index (χ1) is 8.49. The lowest BCUT2D eigenvalue weighted by Crippen LogP contribution is -2.07.